The number of hydrogen-bond acceptors (Lipinski definition) is 4. The van der Waals surface area contributed by atoms with Crippen molar-refractivity contribution in [3.05, 3.63) is 30.0 Å². The number of halogens is 3. The molecule has 24 heavy (non-hydrogen) atoms. The van der Waals surface area contributed by atoms with Crippen LogP contribution >= 0.6 is 0 Å². The van der Waals surface area contributed by atoms with E-state index < -0.39 is 11.7 Å². The third-order valence-electron chi connectivity index (χ3n) is 4.53. The summed E-state index contributed by atoms with van der Waals surface area (Å²) in [7, 11) is 2.07. The highest BCUT2D eigenvalue weighted by atomic mass is 19.4. The maximum absolute atomic E-state index is 13.0. The number of pyridine rings is 1. The van der Waals surface area contributed by atoms with Gasteiger partial charge < -0.3 is 14.8 Å². The zero-order valence-electron chi connectivity index (χ0n) is 13.1. The van der Waals surface area contributed by atoms with Crippen molar-refractivity contribution in [2.24, 2.45) is 0 Å². The van der Waals surface area contributed by atoms with Crippen molar-refractivity contribution in [1.82, 2.24) is 20.1 Å². The summed E-state index contributed by atoms with van der Waals surface area (Å²) in [4.78, 5) is 7.67. The molecule has 0 spiro atoms. The van der Waals surface area contributed by atoms with Crippen LogP contribution in [0.3, 0.4) is 0 Å². The molecule has 4 rings (SSSR count). The number of nitrogens with one attached hydrogen (secondary N) is 1. The van der Waals surface area contributed by atoms with Crippen LogP contribution < -0.4 is 4.90 Å². The highest BCUT2D eigenvalue weighted by Crippen LogP contribution is 2.38. The molecule has 1 aromatic carbocycles. The SMILES string of the molecule is CN1CCN(c2[nH]c3ccc(C(F)(F)F)cc3c3cnnc2-3)CC1. The molecule has 0 saturated carbocycles. The fourth-order valence-corrected chi connectivity index (χ4v) is 3.13. The van der Waals surface area contributed by atoms with Crippen LogP contribution in [0, 0.1) is 0 Å². The first-order valence-electron chi connectivity index (χ1n) is 7.71. The lowest BCUT2D eigenvalue weighted by atomic mass is 10.0. The Bertz CT molecular complexity index is 849. The van der Waals surface area contributed by atoms with Gasteiger partial charge in [0.25, 0.3) is 0 Å². The molecule has 0 unspecified atom stereocenters. The van der Waals surface area contributed by atoms with Gasteiger partial charge in [0.05, 0.1) is 11.8 Å². The predicted octanol–water partition coefficient (Wildman–Crippen LogP) is 2.83. The van der Waals surface area contributed by atoms with E-state index in [1.165, 1.54) is 12.3 Å². The average Bonchev–Trinajstić information content (AvgIpc) is 3.03. The van der Waals surface area contributed by atoms with Gasteiger partial charge in [0.2, 0.25) is 0 Å². The summed E-state index contributed by atoms with van der Waals surface area (Å²) in [6.45, 7) is 3.52. The highest BCUT2D eigenvalue weighted by molar-refractivity contribution is 5.98. The molecule has 1 fully saturated rings. The second-order valence-electron chi connectivity index (χ2n) is 6.13. The van der Waals surface area contributed by atoms with Crippen LogP contribution in [0.4, 0.5) is 19.0 Å². The average molecular weight is 335 g/mol. The third kappa shape index (κ3) is 2.47. The number of nitrogens with zero attached hydrogens (tertiary/aromatic N) is 4. The van der Waals surface area contributed by atoms with E-state index in [4.69, 9.17) is 0 Å². The van der Waals surface area contributed by atoms with Gasteiger partial charge in [0.15, 0.2) is 0 Å². The highest BCUT2D eigenvalue weighted by Gasteiger charge is 2.31. The monoisotopic (exact) mass is 335 g/mol. The lowest BCUT2D eigenvalue weighted by Crippen LogP contribution is -2.45. The number of aromatic nitrogens is 3. The van der Waals surface area contributed by atoms with Gasteiger partial charge in [-0.25, -0.2) is 0 Å². The maximum atomic E-state index is 13.0. The van der Waals surface area contributed by atoms with E-state index in [1.54, 1.807) is 0 Å². The van der Waals surface area contributed by atoms with Gasteiger partial charge in [0, 0.05) is 42.6 Å². The Hall–Kier alpha value is -2.35. The Morgan fingerprint density at radius 2 is 1.88 bits per heavy atom. The number of anilines is 1. The number of fused-ring (bicyclic) bond motifs is 3. The lowest BCUT2D eigenvalue weighted by molar-refractivity contribution is -0.137. The molecule has 0 bridgehead atoms. The van der Waals surface area contributed by atoms with Crippen LogP contribution in [0.1, 0.15) is 5.56 Å². The van der Waals surface area contributed by atoms with E-state index in [-0.39, 0.29) is 0 Å². The molecule has 0 aliphatic carbocycles. The number of rotatable bonds is 1. The first kappa shape index (κ1) is 15.2. The van der Waals surface area contributed by atoms with Crippen LogP contribution in [-0.4, -0.2) is 53.3 Å². The van der Waals surface area contributed by atoms with Crippen LogP contribution in [0.5, 0.6) is 0 Å². The third-order valence-corrected chi connectivity index (χ3v) is 4.53. The summed E-state index contributed by atoms with van der Waals surface area (Å²) < 4.78 is 39.0. The molecule has 3 heterocycles. The van der Waals surface area contributed by atoms with Crippen molar-refractivity contribution in [2.75, 3.05) is 38.1 Å². The van der Waals surface area contributed by atoms with Crippen LogP contribution in [0.15, 0.2) is 24.4 Å². The van der Waals surface area contributed by atoms with Gasteiger partial charge in [-0.2, -0.15) is 18.3 Å². The standard InChI is InChI=1S/C16H16F3N5/c1-23-4-6-24(7-5-23)15-14-12(9-20-22-14)11-8-10(16(17,18)19)2-3-13(11)21-15/h2-3,8-9,21H,4-7H2,1H3. The van der Waals surface area contributed by atoms with Crippen molar-refractivity contribution in [3.8, 4) is 11.3 Å². The number of benzene rings is 1. The maximum Gasteiger partial charge on any atom is 0.416 e. The summed E-state index contributed by atoms with van der Waals surface area (Å²) in [5.74, 6) is 0.822. The first-order valence-corrected chi connectivity index (χ1v) is 7.71. The van der Waals surface area contributed by atoms with Gasteiger partial charge in [-0.15, -0.1) is 5.10 Å². The number of alkyl halides is 3. The second kappa shape index (κ2) is 5.34. The molecule has 0 amide bonds. The molecule has 0 aromatic heterocycles. The van der Waals surface area contributed by atoms with E-state index >= 15 is 0 Å². The Balaban J connectivity index is 1.86. The molecule has 3 aliphatic rings. The molecule has 1 aromatic rings. The van der Waals surface area contributed by atoms with E-state index in [9.17, 15) is 13.2 Å². The first-order chi connectivity index (χ1) is 11.4. The minimum Gasteiger partial charge on any atom is -0.354 e. The minimum atomic E-state index is -4.37. The van der Waals surface area contributed by atoms with Crippen LogP contribution in [0.2, 0.25) is 0 Å². The van der Waals surface area contributed by atoms with E-state index in [0.29, 0.717) is 22.2 Å². The van der Waals surface area contributed by atoms with Crippen molar-refractivity contribution in [1.29, 1.82) is 0 Å². The van der Waals surface area contributed by atoms with Gasteiger partial charge in [0.1, 0.15) is 11.5 Å². The number of aromatic amines is 1. The Labute approximate surface area is 136 Å². The van der Waals surface area contributed by atoms with Crippen molar-refractivity contribution < 1.29 is 13.2 Å². The topological polar surface area (TPSA) is 48.0 Å². The molecule has 126 valence electrons. The molecule has 3 aliphatic heterocycles. The Morgan fingerprint density at radius 1 is 1.12 bits per heavy atom. The Morgan fingerprint density at radius 3 is 2.58 bits per heavy atom. The van der Waals surface area contributed by atoms with Crippen molar-refractivity contribution in [3.63, 3.8) is 0 Å². The summed E-state index contributed by atoms with van der Waals surface area (Å²) in [5, 5.41) is 8.55. The molecular weight excluding hydrogens is 319 g/mol. The molecule has 0 radical (unpaired) electrons. The minimum absolute atomic E-state index is 0.489. The molecule has 5 nitrogen and oxygen atoms in total. The van der Waals surface area contributed by atoms with Crippen LogP contribution in [0.25, 0.3) is 22.2 Å². The zero-order chi connectivity index (χ0) is 16.9. The van der Waals surface area contributed by atoms with E-state index in [1.807, 2.05) is 0 Å². The van der Waals surface area contributed by atoms with Crippen molar-refractivity contribution in [2.45, 2.75) is 6.18 Å². The fraction of sp³-hybridized carbons (Fsp3) is 0.375. The smallest absolute Gasteiger partial charge is 0.354 e. The quantitative estimate of drug-likeness (QED) is 0.743. The molecule has 1 saturated heterocycles. The Kier molecular flexibility index (Phi) is 3.38. The zero-order valence-corrected chi connectivity index (χ0v) is 13.1. The van der Waals surface area contributed by atoms with Gasteiger partial charge in [-0.1, -0.05) is 0 Å². The number of hydrogen-bond donors (Lipinski definition) is 1. The number of H-pyrrole nitrogens is 1. The van der Waals surface area contributed by atoms with Gasteiger partial charge in [-0.05, 0) is 25.2 Å². The summed E-state index contributed by atoms with van der Waals surface area (Å²) in [6.07, 6.45) is -2.84. The molecule has 8 heteroatoms. The van der Waals surface area contributed by atoms with E-state index in [0.717, 1.165) is 44.1 Å². The second-order valence-corrected chi connectivity index (χ2v) is 6.13. The van der Waals surface area contributed by atoms with E-state index in [2.05, 4.69) is 32.0 Å². The van der Waals surface area contributed by atoms with Gasteiger partial charge in [-0.3, -0.25) is 0 Å². The number of piperazine rings is 1. The molecule has 1 N–H and O–H groups in total. The molecular formula is C16H16F3N5. The van der Waals surface area contributed by atoms with Gasteiger partial charge >= 0.3 is 6.18 Å². The number of likely N-dealkylation sites (N-methyl/N-ethyl adjacent to an activating group) is 1. The summed E-state index contributed by atoms with van der Waals surface area (Å²) in [5.41, 5.74) is 1.24. The van der Waals surface area contributed by atoms with Crippen molar-refractivity contribution >= 4 is 16.7 Å². The normalized spacial score (nSPS) is 17.1. The summed E-state index contributed by atoms with van der Waals surface area (Å²) >= 11 is 0. The van der Waals surface area contributed by atoms with Crippen LogP contribution in [-0.2, 0) is 6.18 Å². The lowest BCUT2D eigenvalue weighted by Gasteiger charge is -2.34. The largest absolute Gasteiger partial charge is 0.416 e. The molecule has 0 atom stereocenters. The predicted molar refractivity (Wildman–Crippen MR) is 85.2 cm³/mol. The summed E-state index contributed by atoms with van der Waals surface area (Å²) in [6, 6.07) is 3.73. The fourth-order valence-electron chi connectivity index (χ4n) is 3.13.